The molecule has 0 aliphatic rings. The van der Waals surface area contributed by atoms with Gasteiger partial charge in [0.05, 0.1) is 33.6 Å². The SMILES string of the molecule is COc1cc(/C=C/C(=O)NCc2ccccn2)cc(OC)c1OC. The van der Waals surface area contributed by atoms with Crippen LogP contribution >= 0.6 is 0 Å². The van der Waals surface area contributed by atoms with Crippen LogP contribution in [0.3, 0.4) is 0 Å². The lowest BCUT2D eigenvalue weighted by Crippen LogP contribution is -2.20. The van der Waals surface area contributed by atoms with E-state index in [1.165, 1.54) is 6.08 Å². The van der Waals surface area contributed by atoms with E-state index in [1.54, 1.807) is 45.7 Å². The van der Waals surface area contributed by atoms with Crippen molar-refractivity contribution in [2.24, 2.45) is 0 Å². The fraction of sp³-hybridized carbons (Fsp3) is 0.222. The van der Waals surface area contributed by atoms with E-state index in [-0.39, 0.29) is 5.91 Å². The van der Waals surface area contributed by atoms with E-state index in [0.29, 0.717) is 23.8 Å². The van der Waals surface area contributed by atoms with Gasteiger partial charge in [0.15, 0.2) is 11.5 Å². The van der Waals surface area contributed by atoms with Crippen LogP contribution in [0.1, 0.15) is 11.3 Å². The lowest BCUT2D eigenvalue weighted by Gasteiger charge is -2.12. The quantitative estimate of drug-likeness (QED) is 0.791. The number of nitrogens with one attached hydrogen (secondary N) is 1. The summed E-state index contributed by atoms with van der Waals surface area (Å²) in [6.07, 6.45) is 4.81. The van der Waals surface area contributed by atoms with Gasteiger partial charge in [0.1, 0.15) is 0 Å². The third-order valence-corrected chi connectivity index (χ3v) is 3.28. The van der Waals surface area contributed by atoms with Crippen molar-refractivity contribution in [1.82, 2.24) is 10.3 Å². The second-order valence-corrected chi connectivity index (χ2v) is 4.83. The van der Waals surface area contributed by atoms with Gasteiger partial charge in [-0.1, -0.05) is 6.07 Å². The number of carbonyl (C=O) groups is 1. The fourth-order valence-corrected chi connectivity index (χ4v) is 2.11. The van der Waals surface area contributed by atoms with Crippen molar-refractivity contribution >= 4 is 12.0 Å². The Hall–Kier alpha value is -3.02. The molecule has 24 heavy (non-hydrogen) atoms. The Morgan fingerprint density at radius 3 is 2.38 bits per heavy atom. The minimum atomic E-state index is -0.214. The Balaban J connectivity index is 2.06. The van der Waals surface area contributed by atoms with E-state index in [1.807, 2.05) is 18.2 Å². The smallest absolute Gasteiger partial charge is 0.244 e. The summed E-state index contributed by atoms with van der Waals surface area (Å²) in [7, 11) is 4.63. The Labute approximate surface area is 141 Å². The molecule has 0 unspecified atom stereocenters. The fourth-order valence-electron chi connectivity index (χ4n) is 2.11. The number of pyridine rings is 1. The zero-order valence-electron chi connectivity index (χ0n) is 13.9. The van der Waals surface area contributed by atoms with Gasteiger partial charge in [-0.25, -0.2) is 0 Å². The van der Waals surface area contributed by atoms with Gasteiger partial charge < -0.3 is 19.5 Å². The summed E-state index contributed by atoms with van der Waals surface area (Å²) in [5.74, 6) is 1.36. The molecule has 0 bridgehead atoms. The van der Waals surface area contributed by atoms with Gasteiger partial charge in [-0.3, -0.25) is 9.78 Å². The van der Waals surface area contributed by atoms with E-state index >= 15 is 0 Å². The van der Waals surface area contributed by atoms with Crippen LogP contribution in [0.5, 0.6) is 17.2 Å². The van der Waals surface area contributed by atoms with Crippen molar-refractivity contribution in [1.29, 1.82) is 0 Å². The number of rotatable bonds is 7. The van der Waals surface area contributed by atoms with Crippen LogP contribution in [0.15, 0.2) is 42.6 Å². The number of carbonyl (C=O) groups excluding carboxylic acids is 1. The van der Waals surface area contributed by atoms with Crippen molar-refractivity contribution in [3.05, 3.63) is 53.9 Å². The van der Waals surface area contributed by atoms with Gasteiger partial charge in [0.25, 0.3) is 0 Å². The second-order valence-electron chi connectivity index (χ2n) is 4.83. The normalized spacial score (nSPS) is 10.5. The molecule has 0 aliphatic heterocycles. The minimum Gasteiger partial charge on any atom is -0.493 e. The van der Waals surface area contributed by atoms with E-state index in [9.17, 15) is 4.79 Å². The van der Waals surface area contributed by atoms with Crippen molar-refractivity contribution < 1.29 is 19.0 Å². The Morgan fingerprint density at radius 1 is 1.12 bits per heavy atom. The molecule has 1 amide bonds. The van der Waals surface area contributed by atoms with Gasteiger partial charge in [-0.2, -0.15) is 0 Å². The maximum absolute atomic E-state index is 11.9. The number of methoxy groups -OCH3 is 3. The van der Waals surface area contributed by atoms with Crippen molar-refractivity contribution in [2.45, 2.75) is 6.54 Å². The lowest BCUT2D eigenvalue weighted by molar-refractivity contribution is -0.116. The van der Waals surface area contributed by atoms with Crippen LogP contribution in [0.25, 0.3) is 6.08 Å². The molecular weight excluding hydrogens is 308 g/mol. The maximum Gasteiger partial charge on any atom is 0.244 e. The summed E-state index contributed by atoms with van der Waals surface area (Å²) in [5, 5.41) is 2.77. The predicted octanol–water partition coefficient (Wildman–Crippen LogP) is 2.44. The van der Waals surface area contributed by atoms with Gasteiger partial charge >= 0.3 is 0 Å². The topological polar surface area (TPSA) is 69.7 Å². The van der Waals surface area contributed by atoms with Crippen LogP contribution in [0, 0.1) is 0 Å². The molecule has 6 nitrogen and oxygen atoms in total. The second kappa shape index (κ2) is 8.57. The average molecular weight is 328 g/mol. The van der Waals surface area contributed by atoms with Crippen LogP contribution < -0.4 is 19.5 Å². The highest BCUT2D eigenvalue weighted by Gasteiger charge is 2.12. The number of hydrogen-bond donors (Lipinski definition) is 1. The highest BCUT2D eigenvalue weighted by molar-refractivity contribution is 5.91. The molecule has 0 atom stereocenters. The van der Waals surface area contributed by atoms with E-state index in [2.05, 4.69) is 10.3 Å². The molecule has 1 heterocycles. The van der Waals surface area contributed by atoms with E-state index in [0.717, 1.165) is 11.3 Å². The lowest BCUT2D eigenvalue weighted by atomic mass is 10.1. The van der Waals surface area contributed by atoms with E-state index < -0.39 is 0 Å². The zero-order chi connectivity index (χ0) is 17.4. The van der Waals surface area contributed by atoms with Crippen molar-refractivity contribution in [3.8, 4) is 17.2 Å². The highest BCUT2D eigenvalue weighted by Crippen LogP contribution is 2.38. The standard InChI is InChI=1S/C18H20N2O4/c1-22-15-10-13(11-16(23-2)18(15)24-3)7-8-17(21)20-12-14-6-4-5-9-19-14/h4-11H,12H2,1-3H3,(H,20,21)/b8-7+. The van der Waals surface area contributed by atoms with Crippen LogP contribution in [0.2, 0.25) is 0 Å². The van der Waals surface area contributed by atoms with Crippen LogP contribution in [-0.2, 0) is 11.3 Å². The number of ether oxygens (including phenoxy) is 3. The van der Waals surface area contributed by atoms with Gasteiger partial charge in [-0.05, 0) is 35.9 Å². The molecule has 0 aliphatic carbocycles. The summed E-state index contributed by atoms with van der Waals surface area (Å²) >= 11 is 0. The summed E-state index contributed by atoms with van der Waals surface area (Å²) in [6, 6.07) is 9.09. The third-order valence-electron chi connectivity index (χ3n) is 3.28. The molecular formula is C18H20N2O4. The molecule has 2 aromatic rings. The van der Waals surface area contributed by atoms with Gasteiger partial charge in [0, 0.05) is 12.3 Å². The number of benzene rings is 1. The number of hydrogen-bond acceptors (Lipinski definition) is 5. The molecule has 0 saturated heterocycles. The molecule has 1 aromatic carbocycles. The molecule has 1 N–H and O–H groups in total. The zero-order valence-corrected chi connectivity index (χ0v) is 13.9. The average Bonchev–Trinajstić information content (AvgIpc) is 2.64. The van der Waals surface area contributed by atoms with Gasteiger partial charge in [0.2, 0.25) is 11.7 Å². The first-order valence-electron chi connectivity index (χ1n) is 7.33. The van der Waals surface area contributed by atoms with Crippen molar-refractivity contribution in [3.63, 3.8) is 0 Å². The van der Waals surface area contributed by atoms with Crippen LogP contribution in [-0.4, -0.2) is 32.2 Å². The molecule has 0 radical (unpaired) electrons. The third kappa shape index (κ3) is 4.49. The van der Waals surface area contributed by atoms with Gasteiger partial charge in [-0.15, -0.1) is 0 Å². The summed E-state index contributed by atoms with van der Waals surface area (Å²) in [5.41, 5.74) is 1.56. The molecule has 6 heteroatoms. The number of amides is 1. The first kappa shape index (κ1) is 17.3. The predicted molar refractivity (Wildman–Crippen MR) is 91.2 cm³/mol. The first-order chi connectivity index (χ1) is 11.7. The minimum absolute atomic E-state index is 0.214. The number of aromatic nitrogens is 1. The molecule has 0 saturated carbocycles. The Kier molecular flexibility index (Phi) is 6.19. The molecule has 126 valence electrons. The number of nitrogens with zero attached hydrogens (tertiary/aromatic N) is 1. The molecule has 0 spiro atoms. The van der Waals surface area contributed by atoms with Crippen LogP contribution in [0.4, 0.5) is 0 Å². The molecule has 0 fully saturated rings. The Bertz CT molecular complexity index is 689. The van der Waals surface area contributed by atoms with Crippen molar-refractivity contribution in [2.75, 3.05) is 21.3 Å². The maximum atomic E-state index is 11.9. The largest absolute Gasteiger partial charge is 0.493 e. The molecule has 1 aromatic heterocycles. The summed E-state index contributed by atoms with van der Waals surface area (Å²) in [6.45, 7) is 0.374. The monoisotopic (exact) mass is 328 g/mol. The molecule has 2 rings (SSSR count). The Morgan fingerprint density at radius 2 is 1.83 bits per heavy atom. The first-order valence-corrected chi connectivity index (χ1v) is 7.33. The highest BCUT2D eigenvalue weighted by atomic mass is 16.5. The summed E-state index contributed by atoms with van der Waals surface area (Å²) < 4.78 is 15.8. The van der Waals surface area contributed by atoms with E-state index in [4.69, 9.17) is 14.2 Å². The summed E-state index contributed by atoms with van der Waals surface area (Å²) in [4.78, 5) is 16.1.